The van der Waals surface area contributed by atoms with E-state index >= 15 is 0 Å². The fourth-order valence-corrected chi connectivity index (χ4v) is 1.41. The summed E-state index contributed by atoms with van der Waals surface area (Å²) < 4.78 is 10.4. The van der Waals surface area contributed by atoms with Gasteiger partial charge in [0.2, 0.25) is 12.2 Å². The molecule has 1 aliphatic rings. The molecular weight excluding hydrogens is 198 g/mol. The van der Waals surface area contributed by atoms with Crippen molar-refractivity contribution in [3.05, 3.63) is 11.8 Å². The van der Waals surface area contributed by atoms with E-state index in [1.54, 1.807) is 0 Å². The second-order valence-corrected chi connectivity index (χ2v) is 3.25. The zero-order chi connectivity index (χ0) is 11.3. The molecule has 1 aliphatic heterocycles. The van der Waals surface area contributed by atoms with Crippen LogP contribution in [0.5, 0.6) is 0 Å². The van der Waals surface area contributed by atoms with E-state index in [1.165, 1.54) is 13.2 Å². The highest BCUT2D eigenvalue weighted by Crippen LogP contribution is 2.17. The van der Waals surface area contributed by atoms with E-state index in [0.29, 0.717) is 24.9 Å². The van der Waals surface area contributed by atoms with Crippen LogP contribution in [-0.2, 0) is 19.1 Å². The summed E-state index contributed by atoms with van der Waals surface area (Å²) in [6, 6.07) is -0.315. The van der Waals surface area contributed by atoms with E-state index in [9.17, 15) is 9.59 Å². The van der Waals surface area contributed by atoms with Crippen molar-refractivity contribution < 1.29 is 19.1 Å². The van der Waals surface area contributed by atoms with E-state index in [4.69, 9.17) is 9.47 Å². The first-order valence-electron chi connectivity index (χ1n) is 4.86. The van der Waals surface area contributed by atoms with Gasteiger partial charge in [-0.3, -0.25) is 9.59 Å². The van der Waals surface area contributed by atoms with Gasteiger partial charge in [-0.05, 0) is 6.92 Å². The molecular formula is C10H15NO4. The minimum absolute atomic E-state index is 0.176. The van der Waals surface area contributed by atoms with Crippen LogP contribution < -0.4 is 5.32 Å². The van der Waals surface area contributed by atoms with Crippen LogP contribution >= 0.6 is 0 Å². The molecule has 5 heteroatoms. The lowest BCUT2D eigenvalue weighted by Crippen LogP contribution is -2.41. The summed E-state index contributed by atoms with van der Waals surface area (Å²) in [5, 5.41) is 2.67. The minimum Gasteiger partial charge on any atom is -0.472 e. The first kappa shape index (κ1) is 11.7. The Morgan fingerprint density at radius 2 is 2.53 bits per heavy atom. The number of hydrogen-bond acceptors (Lipinski definition) is 4. The molecule has 1 heterocycles. The molecule has 0 fully saturated rings. The SMILES string of the molecule is CCOC1C[C@H](NC(C)=O)C(C=O)=CO1. The Balaban J connectivity index is 2.64. The first-order valence-corrected chi connectivity index (χ1v) is 4.86. The highest BCUT2D eigenvalue weighted by molar-refractivity contribution is 5.79. The van der Waals surface area contributed by atoms with Crippen LogP contribution in [0.15, 0.2) is 11.8 Å². The van der Waals surface area contributed by atoms with E-state index in [0.717, 1.165) is 0 Å². The summed E-state index contributed by atoms with van der Waals surface area (Å²) in [6.45, 7) is 3.80. The van der Waals surface area contributed by atoms with E-state index in [1.807, 2.05) is 6.92 Å². The molecule has 5 nitrogen and oxygen atoms in total. The predicted molar refractivity (Wildman–Crippen MR) is 52.9 cm³/mol. The normalized spacial score (nSPS) is 25.1. The van der Waals surface area contributed by atoms with Crippen molar-refractivity contribution in [3.8, 4) is 0 Å². The Labute approximate surface area is 88.4 Å². The Morgan fingerprint density at radius 1 is 1.80 bits per heavy atom. The molecule has 1 N–H and O–H groups in total. The number of aldehydes is 1. The molecule has 84 valence electrons. The molecule has 0 aromatic rings. The zero-order valence-corrected chi connectivity index (χ0v) is 8.86. The third-order valence-electron chi connectivity index (χ3n) is 2.05. The largest absolute Gasteiger partial charge is 0.472 e. The molecule has 0 bridgehead atoms. The number of rotatable bonds is 4. The van der Waals surface area contributed by atoms with Gasteiger partial charge in [0.25, 0.3) is 0 Å². The van der Waals surface area contributed by atoms with Crippen molar-refractivity contribution in [3.63, 3.8) is 0 Å². The third-order valence-corrected chi connectivity index (χ3v) is 2.05. The number of carbonyl (C=O) groups is 2. The lowest BCUT2D eigenvalue weighted by molar-refractivity contribution is -0.127. The van der Waals surface area contributed by atoms with Crippen molar-refractivity contribution in [2.24, 2.45) is 0 Å². The van der Waals surface area contributed by atoms with Gasteiger partial charge in [-0.1, -0.05) is 0 Å². The van der Waals surface area contributed by atoms with Crippen LogP contribution in [0.4, 0.5) is 0 Å². The summed E-state index contributed by atoms with van der Waals surface area (Å²) in [7, 11) is 0. The number of hydrogen-bond donors (Lipinski definition) is 1. The number of carbonyl (C=O) groups excluding carboxylic acids is 2. The Bertz CT molecular complexity index is 275. The summed E-state index contributed by atoms with van der Waals surface area (Å²) >= 11 is 0. The van der Waals surface area contributed by atoms with Gasteiger partial charge in [0, 0.05) is 25.5 Å². The number of nitrogens with one attached hydrogen (secondary N) is 1. The Morgan fingerprint density at radius 3 is 3.07 bits per heavy atom. The smallest absolute Gasteiger partial charge is 0.217 e. The van der Waals surface area contributed by atoms with Crippen molar-refractivity contribution in [1.29, 1.82) is 0 Å². The molecule has 0 radical (unpaired) electrons. The summed E-state index contributed by atoms with van der Waals surface area (Å²) in [5.74, 6) is -0.176. The summed E-state index contributed by atoms with van der Waals surface area (Å²) in [6.07, 6.45) is 2.09. The molecule has 0 saturated carbocycles. The second-order valence-electron chi connectivity index (χ2n) is 3.25. The Hall–Kier alpha value is -1.36. The molecule has 2 atom stereocenters. The molecule has 1 amide bonds. The molecule has 1 unspecified atom stereocenters. The van der Waals surface area contributed by atoms with Gasteiger partial charge >= 0.3 is 0 Å². The fraction of sp³-hybridized carbons (Fsp3) is 0.600. The second kappa shape index (κ2) is 5.50. The van der Waals surface area contributed by atoms with Gasteiger partial charge in [-0.15, -0.1) is 0 Å². The molecule has 0 aliphatic carbocycles. The van der Waals surface area contributed by atoms with Gasteiger partial charge in [-0.2, -0.15) is 0 Å². The van der Waals surface area contributed by atoms with Gasteiger partial charge < -0.3 is 14.8 Å². The van der Waals surface area contributed by atoms with E-state index in [-0.39, 0.29) is 11.9 Å². The average Bonchev–Trinajstić information content (AvgIpc) is 2.18. The van der Waals surface area contributed by atoms with Crippen molar-refractivity contribution >= 4 is 12.2 Å². The van der Waals surface area contributed by atoms with Crippen LogP contribution in [-0.4, -0.2) is 31.1 Å². The van der Waals surface area contributed by atoms with Crippen LogP contribution in [0, 0.1) is 0 Å². The van der Waals surface area contributed by atoms with Crippen LogP contribution in [0.1, 0.15) is 20.3 Å². The Kier molecular flexibility index (Phi) is 4.30. The highest BCUT2D eigenvalue weighted by Gasteiger charge is 2.26. The molecule has 0 aromatic carbocycles. The van der Waals surface area contributed by atoms with Gasteiger partial charge in [0.15, 0.2) is 6.29 Å². The van der Waals surface area contributed by atoms with E-state index < -0.39 is 6.29 Å². The van der Waals surface area contributed by atoms with Crippen LogP contribution in [0.2, 0.25) is 0 Å². The van der Waals surface area contributed by atoms with Crippen molar-refractivity contribution in [2.45, 2.75) is 32.6 Å². The lowest BCUT2D eigenvalue weighted by Gasteiger charge is -2.28. The minimum atomic E-state index is -0.393. The first-order chi connectivity index (χ1) is 7.17. The maximum atomic E-state index is 10.9. The quantitative estimate of drug-likeness (QED) is 0.685. The maximum absolute atomic E-state index is 10.9. The molecule has 0 spiro atoms. The monoisotopic (exact) mass is 213 g/mol. The standard InChI is InChI=1S/C10H15NO4/c1-3-14-10-4-9(11-7(2)13)8(5-12)6-15-10/h5-6,9-10H,3-4H2,1-2H3,(H,11,13)/t9-,10?/m0/s1. The van der Waals surface area contributed by atoms with Gasteiger partial charge in [0.1, 0.15) is 0 Å². The molecule has 0 aromatic heterocycles. The third kappa shape index (κ3) is 3.36. The van der Waals surface area contributed by atoms with E-state index in [2.05, 4.69) is 5.32 Å². The van der Waals surface area contributed by atoms with Gasteiger partial charge in [-0.25, -0.2) is 0 Å². The number of ether oxygens (including phenoxy) is 2. The van der Waals surface area contributed by atoms with Crippen LogP contribution in [0.3, 0.4) is 0 Å². The molecule has 0 saturated heterocycles. The lowest BCUT2D eigenvalue weighted by atomic mass is 10.0. The van der Waals surface area contributed by atoms with Crippen LogP contribution in [0.25, 0.3) is 0 Å². The maximum Gasteiger partial charge on any atom is 0.217 e. The summed E-state index contributed by atoms with van der Waals surface area (Å²) in [4.78, 5) is 21.6. The zero-order valence-electron chi connectivity index (χ0n) is 8.86. The molecule has 1 rings (SSSR count). The van der Waals surface area contributed by atoms with Crippen molar-refractivity contribution in [1.82, 2.24) is 5.32 Å². The molecule has 15 heavy (non-hydrogen) atoms. The fourth-order valence-electron chi connectivity index (χ4n) is 1.41. The number of amides is 1. The van der Waals surface area contributed by atoms with Gasteiger partial charge in [0.05, 0.1) is 12.3 Å². The highest BCUT2D eigenvalue weighted by atomic mass is 16.7. The summed E-state index contributed by atoms with van der Waals surface area (Å²) in [5.41, 5.74) is 0.432. The topological polar surface area (TPSA) is 64.6 Å². The van der Waals surface area contributed by atoms with Crippen molar-refractivity contribution in [2.75, 3.05) is 6.61 Å². The predicted octanol–water partition coefficient (Wildman–Crippen LogP) is 0.357. The average molecular weight is 213 g/mol.